The number of carbonyl (C=O) groups excluding carboxylic acids is 1. The monoisotopic (exact) mass is 374 g/mol. The van der Waals surface area contributed by atoms with Crippen molar-refractivity contribution in [1.29, 1.82) is 0 Å². The number of ether oxygens (including phenoxy) is 1. The van der Waals surface area contributed by atoms with Crippen molar-refractivity contribution >= 4 is 28.4 Å². The zero-order chi connectivity index (χ0) is 18.7. The molecule has 2 fully saturated rings. The quantitative estimate of drug-likeness (QED) is 0.896. The van der Waals surface area contributed by atoms with E-state index in [0.29, 0.717) is 47.1 Å². The highest BCUT2D eigenvalue weighted by atomic mass is 35.5. The van der Waals surface area contributed by atoms with Crippen LogP contribution in [0.25, 0.3) is 10.9 Å². The van der Waals surface area contributed by atoms with Crippen molar-refractivity contribution in [3.05, 3.63) is 45.2 Å². The molecule has 6 heteroatoms. The molecule has 1 aromatic carbocycles. The molecule has 1 saturated heterocycles. The van der Waals surface area contributed by atoms with Crippen LogP contribution in [0.1, 0.15) is 30.6 Å². The summed E-state index contributed by atoms with van der Waals surface area (Å²) in [5.74, 6) is 0.275. The number of methoxy groups -OCH3 is 1. The van der Waals surface area contributed by atoms with Crippen LogP contribution in [0.5, 0.6) is 0 Å². The number of amides is 1. The molecule has 2 aromatic rings. The topological polar surface area (TPSA) is 62.4 Å². The van der Waals surface area contributed by atoms with E-state index in [-0.39, 0.29) is 22.3 Å². The second kappa shape index (κ2) is 5.83. The van der Waals surface area contributed by atoms with Gasteiger partial charge in [-0.25, -0.2) is 0 Å². The maximum atomic E-state index is 13.3. The van der Waals surface area contributed by atoms with E-state index in [1.807, 2.05) is 4.90 Å². The van der Waals surface area contributed by atoms with Gasteiger partial charge in [0.05, 0.1) is 22.7 Å². The third kappa shape index (κ3) is 2.48. The van der Waals surface area contributed by atoms with Crippen LogP contribution in [0.2, 0.25) is 5.02 Å². The Morgan fingerprint density at radius 1 is 1.42 bits per heavy atom. The molecule has 2 aliphatic rings. The van der Waals surface area contributed by atoms with Crippen molar-refractivity contribution in [2.45, 2.75) is 20.3 Å². The Morgan fingerprint density at radius 2 is 2.19 bits per heavy atom. The number of nitrogens with one attached hydrogen (secondary N) is 1. The number of H-pyrrole nitrogens is 1. The van der Waals surface area contributed by atoms with E-state index in [1.54, 1.807) is 25.3 Å². The van der Waals surface area contributed by atoms with E-state index in [1.165, 1.54) is 6.07 Å². The molecule has 1 aliphatic heterocycles. The van der Waals surface area contributed by atoms with Gasteiger partial charge in [0, 0.05) is 37.1 Å². The number of aromatic amines is 1. The summed E-state index contributed by atoms with van der Waals surface area (Å²) in [6, 6.07) is 6.64. The zero-order valence-electron chi connectivity index (χ0n) is 15.3. The van der Waals surface area contributed by atoms with Crippen molar-refractivity contribution in [2.24, 2.45) is 16.7 Å². The Hall–Kier alpha value is -1.85. The van der Waals surface area contributed by atoms with Gasteiger partial charge in [-0.2, -0.15) is 0 Å². The molecule has 1 saturated carbocycles. The van der Waals surface area contributed by atoms with Gasteiger partial charge in [-0.3, -0.25) is 9.59 Å². The molecular weight excluding hydrogens is 352 g/mol. The number of likely N-dealkylation sites (tertiary alicyclic amines) is 1. The van der Waals surface area contributed by atoms with Crippen molar-refractivity contribution in [3.63, 3.8) is 0 Å². The fraction of sp³-hybridized carbons (Fsp3) is 0.500. The van der Waals surface area contributed by atoms with Crippen molar-refractivity contribution in [2.75, 3.05) is 26.8 Å². The average molecular weight is 375 g/mol. The lowest BCUT2D eigenvalue weighted by molar-refractivity contribution is -0.107. The summed E-state index contributed by atoms with van der Waals surface area (Å²) in [4.78, 5) is 30.0. The van der Waals surface area contributed by atoms with Crippen LogP contribution in [-0.2, 0) is 4.74 Å². The first-order valence-corrected chi connectivity index (χ1v) is 9.25. The number of hydrogen-bond donors (Lipinski definition) is 1. The van der Waals surface area contributed by atoms with Crippen LogP contribution >= 0.6 is 11.6 Å². The summed E-state index contributed by atoms with van der Waals surface area (Å²) < 4.78 is 5.47. The smallest absolute Gasteiger partial charge is 0.254 e. The average Bonchev–Trinajstić information content (AvgIpc) is 2.88. The lowest BCUT2D eigenvalue weighted by Gasteiger charge is -2.56. The van der Waals surface area contributed by atoms with E-state index >= 15 is 0 Å². The molecule has 0 spiro atoms. The molecule has 138 valence electrons. The van der Waals surface area contributed by atoms with Crippen LogP contribution < -0.4 is 5.56 Å². The fourth-order valence-electron chi connectivity index (χ4n) is 5.38. The van der Waals surface area contributed by atoms with Gasteiger partial charge in [0.2, 0.25) is 5.56 Å². The summed E-state index contributed by atoms with van der Waals surface area (Å²) in [5.41, 5.74) is 0.886. The normalized spacial score (nSPS) is 26.6. The molecule has 1 aromatic heterocycles. The Morgan fingerprint density at radius 3 is 2.88 bits per heavy atom. The van der Waals surface area contributed by atoms with E-state index in [9.17, 15) is 9.59 Å². The summed E-state index contributed by atoms with van der Waals surface area (Å²) in [5, 5.41) is 1.08. The van der Waals surface area contributed by atoms with Gasteiger partial charge in [0.1, 0.15) is 0 Å². The molecule has 0 unspecified atom stereocenters. The predicted octanol–water partition coefficient (Wildman–Crippen LogP) is 3.32. The minimum atomic E-state index is -0.294. The number of nitrogens with zero attached hydrogens (tertiary/aromatic N) is 1. The first-order valence-electron chi connectivity index (χ1n) is 8.87. The standard InChI is InChI=1S/C20H23ClN2O3/c1-19(2)9-20(11-26-3)10-23(8-15(19)20)18(25)12-7-16(24)22-14-6-4-5-13(21)17(12)14/h4-7,15H,8-11H2,1-3H3,(H,22,24)/t15-,20-/m1/s1. The van der Waals surface area contributed by atoms with Gasteiger partial charge in [-0.15, -0.1) is 0 Å². The predicted molar refractivity (Wildman–Crippen MR) is 102 cm³/mol. The van der Waals surface area contributed by atoms with Gasteiger partial charge in [0.25, 0.3) is 5.91 Å². The number of aromatic nitrogens is 1. The molecule has 1 amide bonds. The third-order valence-electron chi connectivity index (χ3n) is 6.16. The Kier molecular flexibility index (Phi) is 3.93. The van der Waals surface area contributed by atoms with Crippen LogP contribution in [0.3, 0.4) is 0 Å². The third-order valence-corrected chi connectivity index (χ3v) is 6.48. The number of pyridine rings is 1. The van der Waals surface area contributed by atoms with Gasteiger partial charge >= 0.3 is 0 Å². The first-order chi connectivity index (χ1) is 12.3. The lowest BCUT2D eigenvalue weighted by atomic mass is 9.48. The summed E-state index contributed by atoms with van der Waals surface area (Å²) in [6.45, 7) is 6.50. The molecule has 2 atom stereocenters. The largest absolute Gasteiger partial charge is 0.384 e. The molecule has 26 heavy (non-hydrogen) atoms. The summed E-state index contributed by atoms with van der Waals surface area (Å²) in [7, 11) is 1.71. The molecule has 5 nitrogen and oxygen atoms in total. The number of halogens is 1. The van der Waals surface area contributed by atoms with Crippen LogP contribution in [0.15, 0.2) is 29.1 Å². The number of rotatable bonds is 3. The van der Waals surface area contributed by atoms with Gasteiger partial charge in [0.15, 0.2) is 0 Å². The molecule has 0 radical (unpaired) electrons. The summed E-state index contributed by atoms with van der Waals surface area (Å²) >= 11 is 6.34. The van der Waals surface area contributed by atoms with Crippen LogP contribution in [0, 0.1) is 16.7 Å². The fourth-order valence-corrected chi connectivity index (χ4v) is 5.65. The molecule has 1 N–H and O–H groups in total. The van der Waals surface area contributed by atoms with E-state index in [0.717, 1.165) is 6.42 Å². The maximum Gasteiger partial charge on any atom is 0.254 e. The van der Waals surface area contributed by atoms with Crippen LogP contribution in [-0.4, -0.2) is 42.6 Å². The Balaban J connectivity index is 1.74. The van der Waals surface area contributed by atoms with Gasteiger partial charge in [-0.1, -0.05) is 31.5 Å². The molecular formula is C20H23ClN2O3. The molecule has 4 rings (SSSR count). The van der Waals surface area contributed by atoms with Gasteiger partial charge < -0.3 is 14.6 Å². The summed E-state index contributed by atoms with van der Waals surface area (Å²) in [6.07, 6.45) is 1.04. The number of fused-ring (bicyclic) bond motifs is 2. The highest BCUT2D eigenvalue weighted by molar-refractivity contribution is 6.36. The Labute approximate surface area is 157 Å². The molecule has 2 heterocycles. The van der Waals surface area contributed by atoms with E-state index in [2.05, 4.69) is 18.8 Å². The minimum absolute atomic E-state index is 0.0225. The van der Waals surface area contributed by atoms with Crippen molar-refractivity contribution in [1.82, 2.24) is 9.88 Å². The second-order valence-electron chi connectivity index (χ2n) is 8.41. The number of carbonyl (C=O) groups is 1. The van der Waals surface area contributed by atoms with E-state index < -0.39 is 0 Å². The first kappa shape index (κ1) is 17.6. The van der Waals surface area contributed by atoms with Crippen LogP contribution in [0.4, 0.5) is 0 Å². The minimum Gasteiger partial charge on any atom is -0.384 e. The van der Waals surface area contributed by atoms with Crippen molar-refractivity contribution in [3.8, 4) is 0 Å². The molecule has 0 bridgehead atoms. The SMILES string of the molecule is COC[C@@]12CN(C(=O)c3cc(=O)[nH]c4cccc(Cl)c34)C[C@@H]1C(C)(C)C2. The van der Waals surface area contributed by atoms with Crippen molar-refractivity contribution < 1.29 is 9.53 Å². The highest BCUT2D eigenvalue weighted by Gasteiger charge is 2.63. The number of benzene rings is 1. The number of hydrogen-bond acceptors (Lipinski definition) is 3. The highest BCUT2D eigenvalue weighted by Crippen LogP contribution is 2.62. The van der Waals surface area contributed by atoms with E-state index in [4.69, 9.17) is 16.3 Å². The zero-order valence-corrected chi connectivity index (χ0v) is 16.0. The molecule has 1 aliphatic carbocycles. The maximum absolute atomic E-state index is 13.3. The lowest BCUT2D eigenvalue weighted by Crippen LogP contribution is -2.55. The van der Waals surface area contributed by atoms with Gasteiger partial charge in [-0.05, 0) is 29.9 Å². The second-order valence-corrected chi connectivity index (χ2v) is 8.82. The Bertz CT molecular complexity index is 952.